The lowest BCUT2D eigenvalue weighted by atomic mass is 10.0. The highest BCUT2D eigenvalue weighted by Gasteiger charge is 2.11. The minimum atomic E-state index is 0.545. The molecule has 0 aliphatic heterocycles. The average Bonchev–Trinajstić information content (AvgIpc) is 3.48. The predicted octanol–water partition coefficient (Wildman–Crippen LogP) is 4.09. The number of aromatic nitrogens is 6. The van der Waals surface area contributed by atoms with Crippen LogP contribution in [0.5, 0.6) is 11.5 Å². The van der Waals surface area contributed by atoms with Crippen LogP contribution in [0.25, 0.3) is 44.9 Å². The van der Waals surface area contributed by atoms with E-state index in [1.807, 2.05) is 48.5 Å². The molecule has 5 rings (SSSR count). The first-order valence-electron chi connectivity index (χ1n) is 9.31. The molecule has 0 saturated heterocycles. The predicted molar refractivity (Wildman–Crippen MR) is 113 cm³/mol. The molecule has 0 aliphatic carbocycles. The second-order valence-corrected chi connectivity index (χ2v) is 6.70. The highest BCUT2D eigenvalue weighted by molar-refractivity contribution is 5.84. The van der Waals surface area contributed by atoms with Gasteiger partial charge in [0.2, 0.25) is 5.82 Å². The minimum Gasteiger partial charge on any atom is -0.493 e. The Labute approximate surface area is 171 Å². The number of tetrazole rings is 1. The molecule has 2 N–H and O–H groups in total. The van der Waals surface area contributed by atoms with Crippen LogP contribution in [0.3, 0.4) is 0 Å². The van der Waals surface area contributed by atoms with Crippen molar-refractivity contribution in [2.45, 2.75) is 0 Å². The Morgan fingerprint density at radius 3 is 2.37 bits per heavy atom. The smallest absolute Gasteiger partial charge is 0.204 e. The lowest BCUT2D eigenvalue weighted by Crippen LogP contribution is -1.91. The summed E-state index contributed by atoms with van der Waals surface area (Å²) in [4.78, 5) is 8.13. The fourth-order valence-electron chi connectivity index (χ4n) is 3.43. The van der Waals surface area contributed by atoms with Gasteiger partial charge in [-0.2, -0.15) is 5.21 Å². The first-order valence-corrected chi connectivity index (χ1v) is 9.31. The molecular weight excluding hydrogens is 380 g/mol. The molecule has 0 radical (unpaired) electrons. The van der Waals surface area contributed by atoms with Crippen LogP contribution in [-0.4, -0.2) is 44.8 Å². The lowest BCUT2D eigenvalue weighted by molar-refractivity contribution is 0.355. The number of hydrogen-bond acceptors (Lipinski definition) is 6. The average molecular weight is 398 g/mol. The Morgan fingerprint density at radius 1 is 0.767 bits per heavy atom. The van der Waals surface area contributed by atoms with Gasteiger partial charge in [0.15, 0.2) is 11.5 Å². The molecule has 0 amide bonds. The summed E-state index contributed by atoms with van der Waals surface area (Å²) in [6.45, 7) is 0. The molecular formula is C22H18N6O2. The van der Waals surface area contributed by atoms with Gasteiger partial charge in [0.25, 0.3) is 0 Å². The van der Waals surface area contributed by atoms with Gasteiger partial charge in [-0.3, -0.25) is 0 Å². The van der Waals surface area contributed by atoms with Gasteiger partial charge >= 0.3 is 0 Å². The number of H-pyrrole nitrogens is 2. The number of aromatic amines is 2. The second kappa shape index (κ2) is 7.32. The van der Waals surface area contributed by atoms with E-state index in [2.05, 4.69) is 37.7 Å². The summed E-state index contributed by atoms with van der Waals surface area (Å²) in [7, 11) is 3.26. The summed E-state index contributed by atoms with van der Waals surface area (Å²) in [5.74, 6) is 2.73. The Balaban J connectivity index is 1.53. The second-order valence-electron chi connectivity index (χ2n) is 6.70. The van der Waals surface area contributed by atoms with Crippen LogP contribution in [0.4, 0.5) is 0 Å². The number of hydrogen-bond donors (Lipinski definition) is 2. The van der Waals surface area contributed by atoms with Crippen molar-refractivity contribution in [1.29, 1.82) is 0 Å². The van der Waals surface area contributed by atoms with E-state index in [4.69, 9.17) is 14.5 Å². The van der Waals surface area contributed by atoms with E-state index in [0.717, 1.165) is 39.1 Å². The van der Waals surface area contributed by atoms with Crippen LogP contribution in [0.2, 0.25) is 0 Å². The third kappa shape index (κ3) is 3.14. The third-order valence-corrected chi connectivity index (χ3v) is 4.94. The van der Waals surface area contributed by atoms with E-state index >= 15 is 0 Å². The summed E-state index contributed by atoms with van der Waals surface area (Å²) in [5, 5.41) is 14.1. The van der Waals surface area contributed by atoms with Gasteiger partial charge in [-0.15, -0.1) is 10.2 Å². The lowest BCUT2D eigenvalue weighted by Gasteiger charge is -2.10. The Bertz CT molecular complexity index is 1330. The number of ether oxygens (including phenoxy) is 2. The zero-order chi connectivity index (χ0) is 20.5. The number of imidazole rings is 1. The van der Waals surface area contributed by atoms with E-state index < -0.39 is 0 Å². The van der Waals surface area contributed by atoms with Gasteiger partial charge in [0.05, 0.1) is 25.3 Å². The van der Waals surface area contributed by atoms with Gasteiger partial charge < -0.3 is 14.5 Å². The summed E-state index contributed by atoms with van der Waals surface area (Å²) in [6, 6.07) is 19.9. The fourth-order valence-corrected chi connectivity index (χ4v) is 3.43. The quantitative estimate of drug-likeness (QED) is 0.462. The standard InChI is InChI=1S/C22H18N6O2/c1-29-19-9-7-14(12-20(19)30-2)13-4-3-5-15(10-13)21-23-17-8-6-16(11-18(17)24-21)22-25-27-28-26-22/h3-12H,1-2H3,(H,23,24)(H,25,26,27,28). The topological polar surface area (TPSA) is 102 Å². The molecule has 0 spiro atoms. The molecule has 5 aromatic rings. The van der Waals surface area contributed by atoms with Crippen LogP contribution >= 0.6 is 0 Å². The van der Waals surface area contributed by atoms with Crippen LogP contribution in [-0.2, 0) is 0 Å². The molecule has 2 heterocycles. The van der Waals surface area contributed by atoms with Crippen molar-refractivity contribution in [1.82, 2.24) is 30.6 Å². The zero-order valence-corrected chi connectivity index (χ0v) is 16.4. The minimum absolute atomic E-state index is 0.545. The Morgan fingerprint density at radius 2 is 1.57 bits per heavy atom. The molecule has 0 fully saturated rings. The van der Waals surface area contributed by atoms with Gasteiger partial charge in [0.1, 0.15) is 5.82 Å². The normalized spacial score (nSPS) is 11.0. The number of nitrogens with one attached hydrogen (secondary N) is 2. The summed E-state index contributed by atoms with van der Waals surface area (Å²) >= 11 is 0. The molecule has 8 heteroatoms. The van der Waals surface area contributed by atoms with Crippen molar-refractivity contribution in [3.05, 3.63) is 60.7 Å². The van der Waals surface area contributed by atoms with Gasteiger partial charge in [0, 0.05) is 11.1 Å². The fraction of sp³-hybridized carbons (Fsp3) is 0.0909. The van der Waals surface area contributed by atoms with E-state index in [-0.39, 0.29) is 0 Å². The van der Waals surface area contributed by atoms with E-state index in [0.29, 0.717) is 17.3 Å². The largest absolute Gasteiger partial charge is 0.493 e. The van der Waals surface area contributed by atoms with Crippen molar-refractivity contribution >= 4 is 11.0 Å². The van der Waals surface area contributed by atoms with Crippen LogP contribution in [0, 0.1) is 0 Å². The zero-order valence-electron chi connectivity index (χ0n) is 16.4. The van der Waals surface area contributed by atoms with Gasteiger partial charge in [-0.05, 0) is 52.7 Å². The molecule has 0 unspecified atom stereocenters. The van der Waals surface area contributed by atoms with Crippen molar-refractivity contribution in [3.63, 3.8) is 0 Å². The Hall–Kier alpha value is -4.20. The number of benzene rings is 3. The van der Waals surface area contributed by atoms with Crippen molar-refractivity contribution in [2.24, 2.45) is 0 Å². The van der Waals surface area contributed by atoms with E-state index in [1.54, 1.807) is 14.2 Å². The first kappa shape index (κ1) is 17.9. The number of nitrogens with zero attached hydrogens (tertiary/aromatic N) is 4. The van der Waals surface area contributed by atoms with Crippen LogP contribution in [0.1, 0.15) is 0 Å². The highest BCUT2D eigenvalue weighted by Crippen LogP contribution is 2.34. The maximum Gasteiger partial charge on any atom is 0.204 e. The van der Waals surface area contributed by atoms with Gasteiger partial charge in [-0.1, -0.05) is 24.3 Å². The monoisotopic (exact) mass is 398 g/mol. The van der Waals surface area contributed by atoms with Crippen molar-refractivity contribution < 1.29 is 9.47 Å². The molecule has 0 atom stereocenters. The van der Waals surface area contributed by atoms with E-state index in [9.17, 15) is 0 Å². The number of methoxy groups -OCH3 is 2. The molecule has 0 bridgehead atoms. The van der Waals surface area contributed by atoms with Crippen LogP contribution in [0.15, 0.2) is 60.7 Å². The summed E-state index contributed by atoms with van der Waals surface area (Å²) < 4.78 is 10.8. The van der Waals surface area contributed by atoms with Crippen molar-refractivity contribution in [2.75, 3.05) is 14.2 Å². The third-order valence-electron chi connectivity index (χ3n) is 4.94. The van der Waals surface area contributed by atoms with Crippen molar-refractivity contribution in [3.8, 4) is 45.4 Å². The molecule has 30 heavy (non-hydrogen) atoms. The number of rotatable bonds is 5. The molecule has 0 aliphatic rings. The first-order chi connectivity index (χ1) is 14.7. The maximum atomic E-state index is 5.43. The van der Waals surface area contributed by atoms with Crippen LogP contribution < -0.4 is 9.47 Å². The highest BCUT2D eigenvalue weighted by atomic mass is 16.5. The molecule has 0 saturated carbocycles. The number of fused-ring (bicyclic) bond motifs is 1. The Kier molecular flexibility index (Phi) is 4.36. The summed E-state index contributed by atoms with van der Waals surface area (Å²) in [6.07, 6.45) is 0. The summed E-state index contributed by atoms with van der Waals surface area (Å²) in [5.41, 5.74) is 5.72. The molecule has 2 aromatic heterocycles. The van der Waals surface area contributed by atoms with Gasteiger partial charge in [-0.25, -0.2) is 4.98 Å². The molecule has 8 nitrogen and oxygen atoms in total. The maximum absolute atomic E-state index is 5.43. The SMILES string of the molecule is COc1ccc(-c2cccc(-c3nc4ccc(-c5nn[nH]n5)cc4[nH]3)c2)cc1OC. The molecule has 3 aromatic carbocycles. The molecule has 148 valence electrons. The van der Waals surface area contributed by atoms with E-state index in [1.165, 1.54) is 0 Å².